The van der Waals surface area contributed by atoms with Gasteiger partial charge in [-0.05, 0) is 31.9 Å². The molecule has 1 fully saturated rings. The van der Waals surface area contributed by atoms with Gasteiger partial charge in [0.1, 0.15) is 5.69 Å². The maximum absolute atomic E-state index is 12.7. The smallest absolute Gasteiger partial charge is 0.409 e. The molecule has 0 spiro atoms. The quantitative estimate of drug-likeness (QED) is 0.750. The van der Waals surface area contributed by atoms with E-state index in [0.29, 0.717) is 43.4 Å². The molecule has 2 atom stereocenters. The van der Waals surface area contributed by atoms with Crippen molar-refractivity contribution in [2.45, 2.75) is 39.0 Å². The first-order chi connectivity index (χ1) is 14.0. The van der Waals surface area contributed by atoms with Crippen molar-refractivity contribution in [1.82, 2.24) is 15.2 Å². The Morgan fingerprint density at radius 1 is 1.31 bits per heavy atom. The number of carbonyl (C=O) groups is 2. The predicted octanol–water partition coefficient (Wildman–Crippen LogP) is 3.52. The third-order valence-corrected chi connectivity index (χ3v) is 5.30. The summed E-state index contributed by atoms with van der Waals surface area (Å²) in [5.41, 5.74) is 2.17. The van der Waals surface area contributed by atoms with Crippen LogP contribution >= 0.6 is 11.6 Å². The third-order valence-electron chi connectivity index (χ3n) is 4.90. The number of piperidine rings is 1. The number of aromatic amines is 1. The highest BCUT2D eigenvalue weighted by Crippen LogP contribution is 2.19. The highest BCUT2D eigenvalue weighted by molar-refractivity contribution is 6.31. The molecule has 0 radical (unpaired) electrons. The topological polar surface area (TPSA) is 83.7 Å². The van der Waals surface area contributed by atoms with Gasteiger partial charge in [0.05, 0.1) is 36.9 Å². The molecule has 0 bridgehead atoms. The van der Waals surface area contributed by atoms with Crippen LogP contribution in [0.25, 0.3) is 0 Å². The summed E-state index contributed by atoms with van der Waals surface area (Å²) in [6.45, 7) is 5.13. The Kier molecular flexibility index (Phi) is 7.17. The molecule has 2 amide bonds. The summed E-state index contributed by atoms with van der Waals surface area (Å²) in [5.74, 6) is -0.247. The summed E-state index contributed by atoms with van der Waals surface area (Å²) in [6, 6.07) is 11.2. The van der Waals surface area contributed by atoms with E-state index in [-0.39, 0.29) is 24.1 Å². The van der Waals surface area contributed by atoms with E-state index in [1.165, 1.54) is 0 Å². The van der Waals surface area contributed by atoms with E-state index in [2.05, 4.69) is 10.3 Å². The van der Waals surface area contributed by atoms with Crippen molar-refractivity contribution < 1.29 is 19.1 Å². The van der Waals surface area contributed by atoms with E-state index in [0.717, 1.165) is 11.3 Å². The molecule has 0 unspecified atom stereocenters. The summed E-state index contributed by atoms with van der Waals surface area (Å²) < 4.78 is 11.2. The fourth-order valence-corrected chi connectivity index (χ4v) is 3.47. The van der Waals surface area contributed by atoms with Crippen LogP contribution in [-0.4, -0.2) is 53.7 Å². The number of hydrogen-bond acceptors (Lipinski definition) is 4. The lowest BCUT2D eigenvalue weighted by Gasteiger charge is -2.38. The van der Waals surface area contributed by atoms with Gasteiger partial charge in [-0.15, -0.1) is 0 Å². The van der Waals surface area contributed by atoms with Gasteiger partial charge in [0.15, 0.2) is 0 Å². The zero-order valence-corrected chi connectivity index (χ0v) is 17.4. The average molecular weight is 420 g/mol. The SMILES string of the molecule is CCOC(=O)N1CC[C@@H](NC(=O)c2cc(Cl)c(C)[nH]2)[C@@H](OCc2ccccc2)C1. The van der Waals surface area contributed by atoms with Gasteiger partial charge in [0, 0.05) is 12.2 Å². The van der Waals surface area contributed by atoms with Crippen molar-refractivity contribution in [3.05, 3.63) is 58.4 Å². The van der Waals surface area contributed by atoms with Gasteiger partial charge in [-0.1, -0.05) is 41.9 Å². The molecule has 3 rings (SSSR count). The third kappa shape index (κ3) is 5.52. The zero-order valence-electron chi connectivity index (χ0n) is 16.6. The second-order valence-corrected chi connectivity index (χ2v) is 7.41. The zero-order chi connectivity index (χ0) is 20.8. The van der Waals surface area contributed by atoms with E-state index in [1.807, 2.05) is 37.3 Å². The summed E-state index contributed by atoms with van der Waals surface area (Å²) in [5, 5.41) is 3.54. The molecule has 2 aromatic rings. The van der Waals surface area contributed by atoms with Crippen molar-refractivity contribution in [1.29, 1.82) is 0 Å². The largest absolute Gasteiger partial charge is 0.450 e. The Morgan fingerprint density at radius 2 is 2.07 bits per heavy atom. The average Bonchev–Trinajstić information content (AvgIpc) is 3.07. The van der Waals surface area contributed by atoms with Gasteiger partial charge in [0.25, 0.3) is 5.91 Å². The maximum atomic E-state index is 12.7. The standard InChI is InChI=1S/C21H26ClN3O4/c1-3-28-21(27)25-10-9-17(24-20(26)18-11-16(22)14(2)23-18)19(12-25)29-13-15-7-5-4-6-8-15/h4-8,11,17,19,23H,3,9-10,12-13H2,1-2H3,(H,24,26)/t17-,19+/m1/s1. The van der Waals surface area contributed by atoms with Gasteiger partial charge in [-0.25, -0.2) is 4.79 Å². The van der Waals surface area contributed by atoms with Crippen molar-refractivity contribution in [2.75, 3.05) is 19.7 Å². The summed E-state index contributed by atoms with van der Waals surface area (Å²) in [6.07, 6.45) is -0.154. The van der Waals surface area contributed by atoms with Crippen LogP contribution in [0.1, 0.15) is 35.1 Å². The molecule has 0 aliphatic carbocycles. The number of aromatic nitrogens is 1. The minimum Gasteiger partial charge on any atom is -0.450 e. The molecule has 1 aliphatic heterocycles. The summed E-state index contributed by atoms with van der Waals surface area (Å²) >= 11 is 6.05. The molecule has 7 nitrogen and oxygen atoms in total. The molecular weight excluding hydrogens is 394 g/mol. The molecular formula is C21H26ClN3O4. The van der Waals surface area contributed by atoms with Crippen LogP contribution in [0.4, 0.5) is 4.79 Å². The number of likely N-dealkylation sites (tertiary alicyclic amines) is 1. The Labute approximate surface area is 175 Å². The number of H-pyrrole nitrogens is 1. The van der Waals surface area contributed by atoms with E-state index >= 15 is 0 Å². The van der Waals surface area contributed by atoms with Gasteiger partial charge in [-0.2, -0.15) is 0 Å². The number of halogens is 1. The van der Waals surface area contributed by atoms with Crippen LogP contribution in [0.3, 0.4) is 0 Å². The van der Waals surface area contributed by atoms with Crippen molar-refractivity contribution >= 4 is 23.6 Å². The number of aryl methyl sites for hydroxylation is 1. The van der Waals surface area contributed by atoms with E-state index in [1.54, 1.807) is 17.9 Å². The molecule has 1 aromatic heterocycles. The predicted molar refractivity (Wildman–Crippen MR) is 110 cm³/mol. The molecule has 156 valence electrons. The van der Waals surface area contributed by atoms with Crippen LogP contribution < -0.4 is 5.32 Å². The number of amides is 2. The number of nitrogens with one attached hydrogen (secondary N) is 2. The molecule has 2 heterocycles. The first kappa shape index (κ1) is 21.2. The summed E-state index contributed by atoms with van der Waals surface area (Å²) in [4.78, 5) is 29.4. The number of benzene rings is 1. The van der Waals surface area contributed by atoms with Crippen LogP contribution in [0, 0.1) is 6.92 Å². The minimum absolute atomic E-state index is 0.237. The number of rotatable bonds is 6. The Balaban J connectivity index is 1.68. The van der Waals surface area contributed by atoms with Crippen molar-refractivity contribution in [3.8, 4) is 0 Å². The van der Waals surface area contributed by atoms with Crippen LogP contribution in [0.15, 0.2) is 36.4 Å². The van der Waals surface area contributed by atoms with Crippen molar-refractivity contribution in [3.63, 3.8) is 0 Å². The van der Waals surface area contributed by atoms with Gasteiger partial charge in [-0.3, -0.25) is 4.79 Å². The lowest BCUT2D eigenvalue weighted by Crippen LogP contribution is -2.56. The van der Waals surface area contributed by atoms with Gasteiger partial charge >= 0.3 is 6.09 Å². The first-order valence-corrected chi connectivity index (χ1v) is 10.1. The Bertz CT molecular complexity index is 820. The number of ether oxygens (including phenoxy) is 2. The molecule has 1 aromatic carbocycles. The monoisotopic (exact) mass is 419 g/mol. The number of hydrogen-bond donors (Lipinski definition) is 2. The van der Waals surface area contributed by atoms with Crippen molar-refractivity contribution in [2.24, 2.45) is 0 Å². The number of carbonyl (C=O) groups excluding carboxylic acids is 2. The highest BCUT2D eigenvalue weighted by Gasteiger charge is 2.34. The second kappa shape index (κ2) is 9.80. The minimum atomic E-state index is -0.364. The van der Waals surface area contributed by atoms with Crippen LogP contribution in [0.2, 0.25) is 5.02 Å². The number of nitrogens with zero attached hydrogens (tertiary/aromatic N) is 1. The van der Waals surface area contributed by atoms with E-state index in [4.69, 9.17) is 21.1 Å². The second-order valence-electron chi connectivity index (χ2n) is 7.00. The fourth-order valence-electron chi connectivity index (χ4n) is 3.31. The lowest BCUT2D eigenvalue weighted by atomic mass is 10.0. The van der Waals surface area contributed by atoms with Gasteiger partial charge in [0.2, 0.25) is 0 Å². The molecule has 1 aliphatic rings. The fraction of sp³-hybridized carbons (Fsp3) is 0.429. The van der Waals surface area contributed by atoms with Gasteiger partial charge < -0.3 is 24.7 Å². The maximum Gasteiger partial charge on any atom is 0.409 e. The molecule has 0 saturated carbocycles. The Morgan fingerprint density at radius 3 is 2.72 bits per heavy atom. The molecule has 8 heteroatoms. The first-order valence-electron chi connectivity index (χ1n) is 9.71. The van der Waals surface area contributed by atoms with Crippen LogP contribution in [-0.2, 0) is 16.1 Å². The lowest BCUT2D eigenvalue weighted by molar-refractivity contribution is -0.0282. The molecule has 2 N–H and O–H groups in total. The molecule has 29 heavy (non-hydrogen) atoms. The van der Waals surface area contributed by atoms with E-state index in [9.17, 15) is 9.59 Å². The highest BCUT2D eigenvalue weighted by atomic mass is 35.5. The normalized spacial score (nSPS) is 19.1. The van der Waals surface area contributed by atoms with E-state index < -0.39 is 0 Å². The van der Waals surface area contributed by atoms with Crippen LogP contribution in [0.5, 0.6) is 0 Å². The summed E-state index contributed by atoms with van der Waals surface area (Å²) in [7, 11) is 0. The Hall–Kier alpha value is -2.51. The molecule has 1 saturated heterocycles.